The van der Waals surface area contributed by atoms with Gasteiger partial charge in [-0.2, -0.15) is 0 Å². The Morgan fingerprint density at radius 2 is 2.00 bits per heavy atom. The summed E-state index contributed by atoms with van der Waals surface area (Å²) in [4.78, 5) is 0. The highest BCUT2D eigenvalue weighted by molar-refractivity contribution is 5.87. The number of dihydropyridines is 1. The van der Waals surface area contributed by atoms with Crippen molar-refractivity contribution >= 4 is 16.6 Å². The van der Waals surface area contributed by atoms with E-state index in [1.165, 1.54) is 0 Å². The Kier molecular flexibility index (Phi) is 8.27. The second kappa shape index (κ2) is 12.2. The monoisotopic (exact) mass is 569 g/mol. The Morgan fingerprint density at radius 1 is 1.12 bits per heavy atom. The fourth-order valence-electron chi connectivity index (χ4n) is 6.12. The van der Waals surface area contributed by atoms with Crippen molar-refractivity contribution < 1.29 is 24.8 Å². The zero-order valence-corrected chi connectivity index (χ0v) is 24.0. The number of nitrogens with two attached hydrogens (primary N) is 1. The lowest BCUT2D eigenvalue weighted by Crippen LogP contribution is -2.40. The van der Waals surface area contributed by atoms with Crippen molar-refractivity contribution in [1.82, 2.24) is 9.88 Å². The minimum absolute atomic E-state index is 0.0219. The first-order valence-electron chi connectivity index (χ1n) is 14.8. The Labute approximate surface area is 246 Å². The molecule has 6 N–H and O–H groups in total. The lowest BCUT2D eigenvalue weighted by Gasteiger charge is -2.28. The minimum atomic E-state index is -0.594. The molecule has 6 rings (SSSR count). The quantitative estimate of drug-likeness (QED) is 0.277. The summed E-state index contributed by atoms with van der Waals surface area (Å²) in [5.41, 5.74) is 10.7. The van der Waals surface area contributed by atoms with Gasteiger partial charge in [0.05, 0.1) is 31.6 Å². The van der Waals surface area contributed by atoms with E-state index in [2.05, 4.69) is 42.5 Å². The molecule has 8 heteroatoms. The SMILES string of the molecule is CC1C#CC2=CC(N)NC3=C2COC(CCC1)CC(O)CCc1cc(c(O)cc1CO)OCc1cccc2cn3cc12. The molecule has 42 heavy (non-hydrogen) atoms. The van der Waals surface area contributed by atoms with Crippen LogP contribution in [0.25, 0.3) is 16.6 Å². The molecule has 0 spiro atoms. The maximum atomic E-state index is 11.1. The molecule has 220 valence electrons. The summed E-state index contributed by atoms with van der Waals surface area (Å²) in [6.07, 6.45) is 9.20. The molecule has 0 saturated heterocycles. The van der Waals surface area contributed by atoms with Crippen molar-refractivity contribution in [1.29, 1.82) is 0 Å². The third-order valence-electron chi connectivity index (χ3n) is 8.49. The highest BCUT2D eigenvalue weighted by atomic mass is 16.5. The van der Waals surface area contributed by atoms with Crippen LogP contribution >= 0.6 is 0 Å². The molecule has 3 aliphatic heterocycles. The molecule has 0 radical (unpaired) electrons. The summed E-state index contributed by atoms with van der Waals surface area (Å²) in [6, 6.07) is 9.40. The van der Waals surface area contributed by atoms with Crippen LogP contribution in [0.3, 0.4) is 0 Å². The van der Waals surface area contributed by atoms with E-state index in [9.17, 15) is 15.3 Å². The molecule has 6 bridgehead atoms. The number of aliphatic hydroxyl groups is 2. The number of phenolic OH excluding ortho intramolecular Hbond substituents is 1. The van der Waals surface area contributed by atoms with Gasteiger partial charge >= 0.3 is 0 Å². The number of aromatic nitrogens is 1. The predicted octanol–water partition coefficient (Wildman–Crippen LogP) is 4.31. The van der Waals surface area contributed by atoms with Crippen LogP contribution in [-0.2, 0) is 24.4 Å². The molecule has 0 fully saturated rings. The summed E-state index contributed by atoms with van der Waals surface area (Å²) >= 11 is 0. The van der Waals surface area contributed by atoms with Crippen molar-refractivity contribution in [2.45, 2.75) is 77.0 Å². The minimum Gasteiger partial charge on any atom is -0.504 e. The van der Waals surface area contributed by atoms with Crippen LogP contribution in [0.1, 0.15) is 55.7 Å². The van der Waals surface area contributed by atoms with E-state index in [4.69, 9.17) is 15.2 Å². The van der Waals surface area contributed by atoms with Crippen molar-refractivity contribution in [3.8, 4) is 23.3 Å². The number of aryl methyl sites for hydroxylation is 1. The molecule has 8 nitrogen and oxygen atoms in total. The fourth-order valence-corrected chi connectivity index (χ4v) is 6.12. The molecular formula is C34H39N3O5. The number of rotatable bonds is 1. The van der Waals surface area contributed by atoms with E-state index in [1.54, 1.807) is 12.1 Å². The van der Waals surface area contributed by atoms with E-state index < -0.39 is 12.3 Å². The molecule has 0 saturated carbocycles. The summed E-state index contributed by atoms with van der Waals surface area (Å²) in [6.45, 7) is 2.52. The van der Waals surface area contributed by atoms with Gasteiger partial charge in [0.1, 0.15) is 12.4 Å². The Hall–Kier alpha value is -3.74. The Morgan fingerprint density at radius 3 is 2.86 bits per heavy atom. The van der Waals surface area contributed by atoms with Crippen LogP contribution in [-0.4, -0.2) is 44.9 Å². The molecule has 0 amide bonds. The van der Waals surface area contributed by atoms with Gasteiger partial charge in [0.15, 0.2) is 11.5 Å². The first-order valence-corrected chi connectivity index (χ1v) is 14.8. The Bertz CT molecular complexity index is 1590. The Balaban J connectivity index is 1.47. The zero-order chi connectivity index (χ0) is 29.2. The van der Waals surface area contributed by atoms with E-state index in [0.29, 0.717) is 37.2 Å². The van der Waals surface area contributed by atoms with Gasteiger partial charge in [-0.05, 0) is 73.4 Å². The normalized spacial score (nSPS) is 24.9. The van der Waals surface area contributed by atoms with E-state index >= 15 is 0 Å². The lowest BCUT2D eigenvalue weighted by molar-refractivity contribution is 0.0167. The zero-order valence-electron chi connectivity index (χ0n) is 24.0. The highest BCUT2D eigenvalue weighted by Crippen LogP contribution is 2.34. The number of aliphatic hydroxyl groups excluding tert-OH is 2. The standard InChI is InChI=1S/C34H39N3O5/c1-21-4-2-7-28-15-27(39)11-10-22-13-32(31(40)12-26(22)18-38)42-19-25-6-3-5-24-16-37(17-29(24)25)34-30(20-41-28)23(9-8-21)14-33(35)36-34/h3,5-6,12-14,16-17,21,27-28,33,36,38-40H,2,4,7,10-11,15,18-20,35H2,1H3. The molecule has 4 heterocycles. The first-order chi connectivity index (χ1) is 20.4. The van der Waals surface area contributed by atoms with Crippen molar-refractivity contribution in [3.05, 3.63) is 76.6 Å². The number of fused-ring (bicyclic) bond motifs is 6. The van der Waals surface area contributed by atoms with Crippen LogP contribution < -0.4 is 15.8 Å². The second-order valence-corrected chi connectivity index (χ2v) is 11.7. The van der Waals surface area contributed by atoms with Gasteiger partial charge in [0, 0.05) is 40.2 Å². The summed E-state index contributed by atoms with van der Waals surface area (Å²) in [5, 5.41) is 37.2. The van der Waals surface area contributed by atoms with Gasteiger partial charge in [0.25, 0.3) is 0 Å². The highest BCUT2D eigenvalue weighted by Gasteiger charge is 2.25. The number of benzene rings is 2. The molecule has 1 aromatic heterocycles. The van der Waals surface area contributed by atoms with E-state index in [1.807, 2.05) is 22.8 Å². The average Bonchev–Trinajstić information content (AvgIpc) is 3.40. The van der Waals surface area contributed by atoms with Gasteiger partial charge in [-0.3, -0.25) is 0 Å². The second-order valence-electron chi connectivity index (χ2n) is 11.7. The average molecular weight is 570 g/mol. The van der Waals surface area contributed by atoms with Gasteiger partial charge in [0.2, 0.25) is 0 Å². The van der Waals surface area contributed by atoms with Crippen LogP contribution in [0, 0.1) is 17.8 Å². The molecule has 4 atom stereocenters. The fraction of sp³-hybridized carbons (Fsp3) is 0.412. The predicted molar refractivity (Wildman–Crippen MR) is 162 cm³/mol. The van der Waals surface area contributed by atoms with Crippen molar-refractivity contribution in [2.24, 2.45) is 11.7 Å². The molecular weight excluding hydrogens is 530 g/mol. The third-order valence-corrected chi connectivity index (χ3v) is 8.49. The number of hydrogen-bond acceptors (Lipinski definition) is 7. The van der Waals surface area contributed by atoms with Crippen LogP contribution in [0.15, 0.2) is 59.9 Å². The largest absolute Gasteiger partial charge is 0.504 e. The smallest absolute Gasteiger partial charge is 0.161 e. The number of aromatic hydroxyl groups is 1. The summed E-state index contributed by atoms with van der Waals surface area (Å²) < 4.78 is 14.8. The molecule has 0 aliphatic carbocycles. The number of ether oxygens (including phenoxy) is 2. The number of nitrogens with one attached hydrogen (secondary N) is 1. The van der Waals surface area contributed by atoms with Crippen LogP contribution in [0.2, 0.25) is 0 Å². The lowest BCUT2D eigenvalue weighted by atomic mass is 9.96. The van der Waals surface area contributed by atoms with Gasteiger partial charge in [-0.25, -0.2) is 0 Å². The maximum absolute atomic E-state index is 11.1. The number of nitrogens with zero attached hydrogens (tertiary/aromatic N) is 1. The topological polar surface area (TPSA) is 122 Å². The van der Waals surface area contributed by atoms with Gasteiger partial charge in [-0.15, -0.1) is 0 Å². The van der Waals surface area contributed by atoms with Crippen molar-refractivity contribution in [3.63, 3.8) is 0 Å². The van der Waals surface area contributed by atoms with E-state index in [-0.39, 0.29) is 31.0 Å². The number of hydrogen-bond donors (Lipinski definition) is 5. The maximum Gasteiger partial charge on any atom is 0.161 e. The first kappa shape index (κ1) is 28.4. The summed E-state index contributed by atoms with van der Waals surface area (Å²) in [5.74, 6) is 8.21. The molecule has 3 aliphatic rings. The molecule has 3 aromatic rings. The summed E-state index contributed by atoms with van der Waals surface area (Å²) in [7, 11) is 0. The molecule has 4 unspecified atom stereocenters. The van der Waals surface area contributed by atoms with Gasteiger partial charge < -0.3 is 40.4 Å². The van der Waals surface area contributed by atoms with Gasteiger partial charge in [-0.1, -0.05) is 37.0 Å². The third kappa shape index (κ3) is 6.06. The number of phenols is 1. The van der Waals surface area contributed by atoms with E-state index in [0.717, 1.165) is 58.1 Å². The van der Waals surface area contributed by atoms with Crippen LogP contribution in [0.5, 0.6) is 11.5 Å². The van der Waals surface area contributed by atoms with Crippen molar-refractivity contribution in [2.75, 3.05) is 6.61 Å². The molecule has 2 aromatic carbocycles. The van der Waals surface area contributed by atoms with Crippen LogP contribution in [0.4, 0.5) is 0 Å².